The molecule has 1 aliphatic rings. The first-order valence-electron chi connectivity index (χ1n) is 8.27. The van der Waals surface area contributed by atoms with Crippen LogP contribution in [0.1, 0.15) is 44.6 Å². The van der Waals surface area contributed by atoms with Crippen LogP contribution in [0.5, 0.6) is 5.75 Å². The highest BCUT2D eigenvalue weighted by Gasteiger charge is 2.25. The minimum atomic E-state index is 0.746. The average Bonchev–Trinajstić information content (AvgIpc) is 2.49. The molecule has 0 amide bonds. The van der Waals surface area contributed by atoms with Crippen LogP contribution in [-0.4, -0.2) is 20.2 Å². The van der Waals surface area contributed by atoms with E-state index in [4.69, 9.17) is 16.3 Å². The van der Waals surface area contributed by atoms with E-state index in [1.54, 1.807) is 7.11 Å². The van der Waals surface area contributed by atoms with Gasteiger partial charge in [0.1, 0.15) is 5.75 Å². The van der Waals surface area contributed by atoms with Crippen molar-refractivity contribution in [2.45, 2.75) is 45.4 Å². The number of hydrogen-bond donors (Lipinski definition) is 1. The van der Waals surface area contributed by atoms with Crippen LogP contribution in [0.2, 0.25) is 5.02 Å². The van der Waals surface area contributed by atoms with Crippen LogP contribution in [0.25, 0.3) is 0 Å². The van der Waals surface area contributed by atoms with Gasteiger partial charge < -0.3 is 10.1 Å². The highest BCUT2D eigenvalue weighted by atomic mass is 35.5. The third-order valence-electron chi connectivity index (χ3n) is 4.62. The molecule has 1 aromatic carbocycles. The molecule has 0 radical (unpaired) electrons. The minimum absolute atomic E-state index is 0.746. The van der Waals surface area contributed by atoms with Crippen molar-refractivity contribution in [1.29, 1.82) is 0 Å². The maximum absolute atomic E-state index is 6.16. The van der Waals surface area contributed by atoms with Crippen molar-refractivity contribution in [3.63, 3.8) is 0 Å². The van der Waals surface area contributed by atoms with Gasteiger partial charge in [0.2, 0.25) is 0 Å². The highest BCUT2D eigenvalue weighted by Crippen LogP contribution is 2.35. The van der Waals surface area contributed by atoms with E-state index < -0.39 is 0 Å². The predicted octanol–water partition coefficient (Wildman–Crippen LogP) is 4.70. The summed E-state index contributed by atoms with van der Waals surface area (Å²) < 4.78 is 5.50. The van der Waals surface area contributed by atoms with Crippen LogP contribution >= 0.6 is 11.6 Å². The van der Waals surface area contributed by atoms with Gasteiger partial charge in [-0.25, -0.2) is 0 Å². The summed E-state index contributed by atoms with van der Waals surface area (Å²) in [5.74, 6) is 2.51. The van der Waals surface area contributed by atoms with E-state index in [0.29, 0.717) is 0 Å². The summed E-state index contributed by atoms with van der Waals surface area (Å²) in [7, 11) is 1.74. The molecule has 0 bridgehead atoms. The van der Waals surface area contributed by atoms with Crippen LogP contribution < -0.4 is 10.1 Å². The van der Waals surface area contributed by atoms with Crippen LogP contribution in [0.4, 0.5) is 0 Å². The molecule has 0 aliphatic heterocycles. The quantitative estimate of drug-likeness (QED) is 0.737. The topological polar surface area (TPSA) is 21.3 Å². The SMILES string of the molecule is CCCNCC1CCCCC1Cc1cc(Cl)ccc1OC. The normalized spacial score (nSPS) is 22.2. The standard InChI is InChI=1S/C18H28ClNO/c1-3-10-20-13-15-7-5-4-6-14(15)11-16-12-17(19)8-9-18(16)21-2/h8-9,12,14-15,20H,3-7,10-11,13H2,1-2H3. The van der Waals surface area contributed by atoms with Gasteiger partial charge in [-0.1, -0.05) is 31.4 Å². The van der Waals surface area contributed by atoms with Gasteiger partial charge in [0.25, 0.3) is 0 Å². The molecule has 3 heteroatoms. The Morgan fingerprint density at radius 1 is 1.24 bits per heavy atom. The summed E-state index contributed by atoms with van der Waals surface area (Å²) in [6.07, 6.45) is 7.71. The van der Waals surface area contributed by atoms with Crippen molar-refractivity contribution < 1.29 is 4.74 Å². The summed E-state index contributed by atoms with van der Waals surface area (Å²) in [6, 6.07) is 5.97. The predicted molar refractivity (Wildman–Crippen MR) is 90.3 cm³/mol. The second-order valence-corrected chi connectivity index (χ2v) is 6.61. The number of benzene rings is 1. The number of halogens is 1. The van der Waals surface area contributed by atoms with Gasteiger partial charge in [-0.15, -0.1) is 0 Å². The maximum Gasteiger partial charge on any atom is 0.122 e. The molecule has 1 saturated carbocycles. The zero-order chi connectivity index (χ0) is 15.1. The molecular formula is C18H28ClNO. The monoisotopic (exact) mass is 309 g/mol. The van der Waals surface area contributed by atoms with Crippen LogP contribution in [-0.2, 0) is 6.42 Å². The molecule has 0 spiro atoms. The summed E-state index contributed by atoms with van der Waals surface area (Å²) in [4.78, 5) is 0. The summed E-state index contributed by atoms with van der Waals surface area (Å²) >= 11 is 6.16. The smallest absolute Gasteiger partial charge is 0.122 e. The van der Waals surface area contributed by atoms with Crippen LogP contribution in [0.3, 0.4) is 0 Å². The zero-order valence-electron chi connectivity index (χ0n) is 13.3. The summed E-state index contributed by atoms with van der Waals surface area (Å²) in [6.45, 7) is 4.51. The van der Waals surface area contributed by atoms with E-state index >= 15 is 0 Å². The molecule has 0 aromatic heterocycles. The third kappa shape index (κ3) is 4.89. The lowest BCUT2D eigenvalue weighted by Gasteiger charge is -2.32. The van der Waals surface area contributed by atoms with Gasteiger partial charge in [0.05, 0.1) is 7.11 Å². The number of hydrogen-bond acceptors (Lipinski definition) is 2. The number of nitrogens with one attached hydrogen (secondary N) is 1. The van der Waals surface area contributed by atoms with Gasteiger partial charge in [-0.3, -0.25) is 0 Å². The Morgan fingerprint density at radius 3 is 2.71 bits per heavy atom. The van der Waals surface area contributed by atoms with Crippen molar-refractivity contribution in [2.75, 3.05) is 20.2 Å². The Hall–Kier alpha value is -0.730. The average molecular weight is 310 g/mol. The molecule has 2 nitrogen and oxygen atoms in total. The van der Waals surface area contributed by atoms with Gasteiger partial charge in [0, 0.05) is 5.02 Å². The van der Waals surface area contributed by atoms with E-state index in [1.165, 1.54) is 37.7 Å². The Balaban J connectivity index is 2.02. The zero-order valence-corrected chi connectivity index (χ0v) is 14.1. The number of ether oxygens (including phenoxy) is 1. The second-order valence-electron chi connectivity index (χ2n) is 6.17. The van der Waals surface area contributed by atoms with Crippen LogP contribution in [0, 0.1) is 11.8 Å². The maximum atomic E-state index is 6.16. The van der Waals surface area contributed by atoms with Crippen molar-refractivity contribution in [2.24, 2.45) is 11.8 Å². The van der Waals surface area contributed by atoms with Gasteiger partial charge in [-0.2, -0.15) is 0 Å². The molecule has 2 atom stereocenters. The highest BCUT2D eigenvalue weighted by molar-refractivity contribution is 6.30. The lowest BCUT2D eigenvalue weighted by molar-refractivity contribution is 0.227. The van der Waals surface area contributed by atoms with Gasteiger partial charge in [0.15, 0.2) is 0 Å². The third-order valence-corrected chi connectivity index (χ3v) is 4.86. The van der Waals surface area contributed by atoms with E-state index in [0.717, 1.165) is 42.1 Å². The second kappa shape index (κ2) is 8.65. The minimum Gasteiger partial charge on any atom is -0.496 e. The molecule has 21 heavy (non-hydrogen) atoms. The molecule has 1 N–H and O–H groups in total. The lowest BCUT2D eigenvalue weighted by atomic mass is 9.76. The number of methoxy groups -OCH3 is 1. The van der Waals surface area contributed by atoms with Gasteiger partial charge >= 0.3 is 0 Å². The molecule has 0 saturated heterocycles. The Morgan fingerprint density at radius 2 is 2.00 bits per heavy atom. The Bertz CT molecular complexity index is 435. The molecular weight excluding hydrogens is 282 g/mol. The summed E-state index contributed by atoms with van der Waals surface area (Å²) in [5.41, 5.74) is 1.26. The first-order chi connectivity index (χ1) is 10.2. The van der Waals surface area contributed by atoms with Crippen molar-refractivity contribution >= 4 is 11.6 Å². The van der Waals surface area contributed by atoms with E-state index in [9.17, 15) is 0 Å². The van der Waals surface area contributed by atoms with Crippen molar-refractivity contribution in [3.8, 4) is 5.75 Å². The van der Waals surface area contributed by atoms with E-state index in [-0.39, 0.29) is 0 Å². The molecule has 1 aliphatic carbocycles. The fourth-order valence-electron chi connectivity index (χ4n) is 3.48. The summed E-state index contributed by atoms with van der Waals surface area (Å²) in [5, 5.41) is 4.41. The fourth-order valence-corrected chi connectivity index (χ4v) is 3.67. The number of rotatable bonds is 7. The van der Waals surface area contributed by atoms with Gasteiger partial charge in [-0.05, 0) is 74.4 Å². The Labute approximate surface area is 134 Å². The van der Waals surface area contributed by atoms with Crippen molar-refractivity contribution in [3.05, 3.63) is 28.8 Å². The fraction of sp³-hybridized carbons (Fsp3) is 0.667. The molecule has 1 fully saturated rings. The molecule has 0 heterocycles. The first-order valence-corrected chi connectivity index (χ1v) is 8.65. The molecule has 118 valence electrons. The van der Waals surface area contributed by atoms with E-state index in [1.807, 2.05) is 12.1 Å². The van der Waals surface area contributed by atoms with Crippen LogP contribution in [0.15, 0.2) is 18.2 Å². The molecule has 2 rings (SSSR count). The van der Waals surface area contributed by atoms with Crippen molar-refractivity contribution in [1.82, 2.24) is 5.32 Å². The molecule has 1 aromatic rings. The largest absolute Gasteiger partial charge is 0.496 e. The lowest BCUT2D eigenvalue weighted by Crippen LogP contribution is -2.32. The Kier molecular flexibility index (Phi) is 6.85. The van der Waals surface area contributed by atoms with E-state index in [2.05, 4.69) is 18.3 Å². The molecule has 2 unspecified atom stereocenters. The first kappa shape index (κ1) is 16.6.